The molecule has 0 radical (unpaired) electrons. The lowest BCUT2D eigenvalue weighted by Crippen LogP contribution is -2.22. The first-order valence-corrected chi connectivity index (χ1v) is 6.92. The molecule has 1 heterocycles. The molecule has 0 aliphatic heterocycles. The Hall–Kier alpha value is -1.32. The minimum Gasteiger partial charge on any atom is -0.497 e. The quantitative estimate of drug-likeness (QED) is 0.898. The van der Waals surface area contributed by atoms with E-state index in [-0.39, 0.29) is 0 Å². The van der Waals surface area contributed by atoms with Crippen LogP contribution in [0.1, 0.15) is 27.3 Å². The van der Waals surface area contributed by atoms with E-state index >= 15 is 0 Å². The number of aliphatic hydroxyl groups is 1. The summed E-state index contributed by atoms with van der Waals surface area (Å²) < 4.78 is 5.27. The fourth-order valence-corrected chi connectivity index (χ4v) is 3.65. The summed E-state index contributed by atoms with van der Waals surface area (Å²) in [5.74, 6) is 0.808. The topological polar surface area (TPSA) is 29.5 Å². The molecule has 1 aliphatic rings. The molecular weight excluding hydrogens is 244 g/mol. The zero-order chi connectivity index (χ0) is 12.8. The van der Waals surface area contributed by atoms with Gasteiger partial charge in [0.05, 0.1) is 7.11 Å². The van der Waals surface area contributed by atoms with E-state index in [0.29, 0.717) is 0 Å². The molecule has 1 unspecified atom stereocenters. The number of benzene rings is 1. The molecule has 1 aromatic carbocycles. The Morgan fingerprint density at radius 1 is 1.28 bits per heavy atom. The standard InChI is InChI=1S/C15H16O2S/c1-10-3-6-14(18-10)15(16)8-7-11-4-5-12(17-2)9-13(11)15/h3-6,9,16H,7-8H2,1-2H3. The summed E-state index contributed by atoms with van der Waals surface area (Å²) in [4.78, 5) is 2.27. The van der Waals surface area contributed by atoms with Crippen LogP contribution in [0.5, 0.6) is 5.75 Å². The molecule has 1 N–H and O–H groups in total. The van der Waals surface area contributed by atoms with Gasteiger partial charge in [-0.15, -0.1) is 11.3 Å². The lowest BCUT2D eigenvalue weighted by atomic mass is 9.94. The van der Waals surface area contributed by atoms with Gasteiger partial charge >= 0.3 is 0 Å². The second kappa shape index (κ2) is 4.11. The first kappa shape index (κ1) is 11.8. The maximum Gasteiger partial charge on any atom is 0.124 e. The van der Waals surface area contributed by atoms with Gasteiger partial charge in [-0.2, -0.15) is 0 Å². The van der Waals surface area contributed by atoms with Crippen molar-refractivity contribution in [2.45, 2.75) is 25.4 Å². The maximum absolute atomic E-state index is 11.0. The van der Waals surface area contributed by atoms with Gasteiger partial charge in [-0.3, -0.25) is 0 Å². The minimum atomic E-state index is -0.831. The van der Waals surface area contributed by atoms with E-state index in [4.69, 9.17) is 4.74 Å². The predicted molar refractivity (Wildman–Crippen MR) is 73.4 cm³/mol. The molecule has 2 aromatic rings. The third kappa shape index (κ3) is 1.66. The normalized spacial score (nSPS) is 21.9. The zero-order valence-corrected chi connectivity index (χ0v) is 11.4. The minimum absolute atomic E-state index is 0.759. The average Bonchev–Trinajstić information content (AvgIpc) is 2.95. The van der Waals surface area contributed by atoms with Crippen LogP contribution in [-0.2, 0) is 12.0 Å². The Bertz CT molecular complexity index is 588. The van der Waals surface area contributed by atoms with E-state index in [0.717, 1.165) is 29.0 Å². The second-order valence-corrected chi connectivity index (χ2v) is 6.08. The lowest BCUT2D eigenvalue weighted by molar-refractivity contribution is 0.0866. The first-order chi connectivity index (χ1) is 8.63. The molecule has 0 saturated heterocycles. The predicted octanol–water partition coefficient (Wildman–Crippen LogP) is 3.25. The van der Waals surface area contributed by atoms with E-state index in [1.807, 2.05) is 18.2 Å². The molecule has 0 spiro atoms. The SMILES string of the molecule is COc1ccc2c(c1)C(O)(c1ccc(C)s1)CC2. The average molecular weight is 260 g/mol. The van der Waals surface area contributed by atoms with Gasteiger partial charge in [0.25, 0.3) is 0 Å². The van der Waals surface area contributed by atoms with Crippen molar-refractivity contribution in [3.8, 4) is 5.75 Å². The van der Waals surface area contributed by atoms with E-state index in [9.17, 15) is 5.11 Å². The smallest absolute Gasteiger partial charge is 0.124 e. The third-order valence-corrected chi connectivity index (χ3v) is 4.82. The fourth-order valence-electron chi connectivity index (χ4n) is 2.65. The van der Waals surface area contributed by atoms with Crippen LogP contribution in [0.3, 0.4) is 0 Å². The van der Waals surface area contributed by atoms with Crippen LogP contribution in [0.15, 0.2) is 30.3 Å². The summed E-state index contributed by atoms with van der Waals surface area (Å²) in [5, 5.41) is 11.0. The first-order valence-electron chi connectivity index (χ1n) is 6.10. The number of aryl methyl sites for hydroxylation is 2. The highest BCUT2D eigenvalue weighted by molar-refractivity contribution is 7.12. The molecular formula is C15H16O2S. The number of hydrogen-bond donors (Lipinski definition) is 1. The molecule has 18 heavy (non-hydrogen) atoms. The van der Waals surface area contributed by atoms with Gasteiger partial charge in [0.2, 0.25) is 0 Å². The molecule has 0 fully saturated rings. The van der Waals surface area contributed by atoms with E-state index in [2.05, 4.69) is 19.1 Å². The lowest BCUT2D eigenvalue weighted by Gasteiger charge is -2.23. The number of ether oxygens (including phenoxy) is 1. The Balaban J connectivity index is 2.12. The van der Waals surface area contributed by atoms with E-state index in [1.54, 1.807) is 18.4 Å². The van der Waals surface area contributed by atoms with Crippen molar-refractivity contribution in [3.05, 3.63) is 51.2 Å². The number of rotatable bonds is 2. The van der Waals surface area contributed by atoms with Gasteiger partial charge in [-0.1, -0.05) is 6.07 Å². The van der Waals surface area contributed by atoms with Crippen molar-refractivity contribution < 1.29 is 9.84 Å². The highest BCUT2D eigenvalue weighted by Crippen LogP contribution is 2.45. The second-order valence-electron chi connectivity index (χ2n) is 4.79. The van der Waals surface area contributed by atoms with Crippen molar-refractivity contribution in [1.29, 1.82) is 0 Å². The van der Waals surface area contributed by atoms with Crippen molar-refractivity contribution >= 4 is 11.3 Å². The fraction of sp³-hybridized carbons (Fsp3) is 0.333. The summed E-state index contributed by atoms with van der Waals surface area (Å²) in [6.45, 7) is 2.07. The Kier molecular flexibility index (Phi) is 2.68. The van der Waals surface area contributed by atoms with Gasteiger partial charge in [0.1, 0.15) is 11.4 Å². The van der Waals surface area contributed by atoms with Gasteiger partial charge in [0, 0.05) is 9.75 Å². The largest absolute Gasteiger partial charge is 0.497 e. The number of thiophene rings is 1. The highest BCUT2D eigenvalue weighted by atomic mass is 32.1. The molecule has 1 atom stereocenters. The van der Waals surface area contributed by atoms with Gasteiger partial charge in [-0.25, -0.2) is 0 Å². The van der Waals surface area contributed by atoms with Crippen LogP contribution in [0, 0.1) is 6.92 Å². The van der Waals surface area contributed by atoms with Gasteiger partial charge in [0.15, 0.2) is 0 Å². The monoisotopic (exact) mass is 260 g/mol. The van der Waals surface area contributed by atoms with Crippen LogP contribution in [-0.4, -0.2) is 12.2 Å². The van der Waals surface area contributed by atoms with Crippen LogP contribution < -0.4 is 4.74 Å². The molecule has 1 aliphatic carbocycles. The summed E-state index contributed by atoms with van der Waals surface area (Å²) in [6.07, 6.45) is 1.68. The third-order valence-electron chi connectivity index (χ3n) is 3.67. The Labute approximate surface area is 111 Å². The summed E-state index contributed by atoms with van der Waals surface area (Å²) in [6, 6.07) is 10.1. The van der Waals surface area contributed by atoms with E-state index in [1.165, 1.54) is 10.4 Å². The number of fused-ring (bicyclic) bond motifs is 1. The highest BCUT2D eigenvalue weighted by Gasteiger charge is 2.39. The van der Waals surface area contributed by atoms with Crippen molar-refractivity contribution in [2.75, 3.05) is 7.11 Å². The summed E-state index contributed by atoms with van der Waals surface area (Å²) in [7, 11) is 1.66. The Morgan fingerprint density at radius 3 is 2.78 bits per heavy atom. The summed E-state index contributed by atoms with van der Waals surface area (Å²) in [5.41, 5.74) is 1.40. The van der Waals surface area contributed by atoms with Gasteiger partial charge < -0.3 is 9.84 Å². The molecule has 1 aromatic heterocycles. The van der Waals surface area contributed by atoms with E-state index < -0.39 is 5.60 Å². The molecule has 3 rings (SSSR count). The van der Waals surface area contributed by atoms with Crippen molar-refractivity contribution in [3.63, 3.8) is 0 Å². The molecule has 3 heteroatoms. The zero-order valence-electron chi connectivity index (χ0n) is 10.6. The van der Waals surface area contributed by atoms with Crippen LogP contribution >= 0.6 is 11.3 Å². The van der Waals surface area contributed by atoms with Crippen LogP contribution in [0.4, 0.5) is 0 Å². The number of hydrogen-bond acceptors (Lipinski definition) is 3. The molecule has 0 amide bonds. The molecule has 2 nitrogen and oxygen atoms in total. The summed E-state index contributed by atoms with van der Waals surface area (Å²) >= 11 is 1.67. The van der Waals surface area contributed by atoms with Crippen LogP contribution in [0.2, 0.25) is 0 Å². The molecule has 0 saturated carbocycles. The van der Waals surface area contributed by atoms with Crippen LogP contribution in [0.25, 0.3) is 0 Å². The Morgan fingerprint density at radius 2 is 2.11 bits per heavy atom. The van der Waals surface area contributed by atoms with Crippen molar-refractivity contribution in [2.24, 2.45) is 0 Å². The van der Waals surface area contributed by atoms with Crippen molar-refractivity contribution in [1.82, 2.24) is 0 Å². The molecule has 0 bridgehead atoms. The number of methoxy groups -OCH3 is 1. The van der Waals surface area contributed by atoms with Gasteiger partial charge in [-0.05, 0) is 55.2 Å². The maximum atomic E-state index is 11.0. The molecule has 94 valence electrons.